The van der Waals surface area contributed by atoms with Crippen molar-refractivity contribution in [1.29, 1.82) is 0 Å². The minimum atomic E-state index is 0.185. The van der Waals surface area contributed by atoms with Crippen LogP contribution in [0.3, 0.4) is 0 Å². The van der Waals surface area contributed by atoms with E-state index in [1.165, 1.54) is 24.0 Å². The Morgan fingerprint density at radius 1 is 1.11 bits per heavy atom. The fourth-order valence-corrected chi connectivity index (χ4v) is 2.19. The third-order valence-corrected chi connectivity index (χ3v) is 3.36. The van der Waals surface area contributed by atoms with Gasteiger partial charge in [-0.3, -0.25) is 0 Å². The van der Waals surface area contributed by atoms with Crippen molar-refractivity contribution in [2.24, 2.45) is 0 Å². The summed E-state index contributed by atoms with van der Waals surface area (Å²) < 4.78 is 6.10. The van der Waals surface area contributed by atoms with Crippen molar-refractivity contribution in [3.05, 3.63) is 35.4 Å². The van der Waals surface area contributed by atoms with Crippen LogP contribution in [0.2, 0.25) is 0 Å². The predicted molar refractivity (Wildman–Crippen MR) is 82.6 cm³/mol. The molecule has 0 spiro atoms. The molecule has 1 rings (SSSR count). The molecule has 0 heterocycles. The summed E-state index contributed by atoms with van der Waals surface area (Å²) in [4.78, 5) is 0. The number of rotatable bonds is 10. The van der Waals surface area contributed by atoms with Crippen molar-refractivity contribution in [2.45, 2.75) is 52.6 Å². The maximum Gasteiger partial charge on any atom is 0.0951 e. The van der Waals surface area contributed by atoms with E-state index in [0.717, 1.165) is 32.5 Å². The van der Waals surface area contributed by atoms with Crippen LogP contribution in [0.15, 0.2) is 24.3 Å². The summed E-state index contributed by atoms with van der Waals surface area (Å²) in [6.45, 7) is 9.41. The smallest absolute Gasteiger partial charge is 0.0951 e. The lowest BCUT2D eigenvalue weighted by Crippen LogP contribution is -2.25. The average Bonchev–Trinajstić information content (AvgIpc) is 2.42. The zero-order chi connectivity index (χ0) is 13.9. The second-order valence-corrected chi connectivity index (χ2v) is 5.13. The highest BCUT2D eigenvalue weighted by Crippen LogP contribution is 2.21. The van der Waals surface area contributed by atoms with Crippen molar-refractivity contribution in [1.82, 2.24) is 5.32 Å². The molecule has 0 fully saturated rings. The summed E-state index contributed by atoms with van der Waals surface area (Å²) in [5, 5.41) is 3.48. The first-order chi connectivity index (χ1) is 9.29. The molecule has 1 atom stereocenters. The Hall–Kier alpha value is -0.860. The minimum Gasteiger partial charge on any atom is -0.372 e. The molecule has 0 saturated heterocycles. The number of hydrogen-bond acceptors (Lipinski definition) is 2. The Labute approximate surface area is 118 Å². The van der Waals surface area contributed by atoms with Gasteiger partial charge in [-0.2, -0.15) is 0 Å². The van der Waals surface area contributed by atoms with Crippen LogP contribution >= 0.6 is 0 Å². The van der Waals surface area contributed by atoms with Gasteiger partial charge in [0.2, 0.25) is 0 Å². The van der Waals surface area contributed by atoms with Crippen molar-refractivity contribution in [3.63, 3.8) is 0 Å². The quantitative estimate of drug-likeness (QED) is 0.637. The summed E-state index contributed by atoms with van der Waals surface area (Å²) in [6.07, 6.45) is 5.00. The zero-order valence-corrected chi connectivity index (χ0v) is 12.7. The van der Waals surface area contributed by atoms with Crippen LogP contribution in [0.25, 0.3) is 0 Å². The molecule has 0 radical (unpaired) electrons. The van der Waals surface area contributed by atoms with Gasteiger partial charge < -0.3 is 10.1 Å². The topological polar surface area (TPSA) is 21.3 Å². The Morgan fingerprint density at radius 3 is 2.58 bits per heavy atom. The zero-order valence-electron chi connectivity index (χ0n) is 12.7. The molecular weight excluding hydrogens is 234 g/mol. The van der Waals surface area contributed by atoms with Gasteiger partial charge in [0, 0.05) is 13.2 Å². The van der Waals surface area contributed by atoms with Gasteiger partial charge in [0.15, 0.2) is 0 Å². The summed E-state index contributed by atoms with van der Waals surface area (Å²) in [7, 11) is 0. The van der Waals surface area contributed by atoms with Crippen LogP contribution in [0.5, 0.6) is 0 Å². The van der Waals surface area contributed by atoms with Gasteiger partial charge in [0.25, 0.3) is 0 Å². The highest BCUT2D eigenvalue weighted by molar-refractivity contribution is 5.28. The van der Waals surface area contributed by atoms with E-state index in [1.54, 1.807) is 0 Å². The molecule has 0 aliphatic carbocycles. The van der Waals surface area contributed by atoms with Gasteiger partial charge in [-0.05, 0) is 37.4 Å². The molecule has 1 N–H and O–H groups in total. The van der Waals surface area contributed by atoms with Crippen molar-refractivity contribution in [2.75, 3.05) is 19.7 Å². The first-order valence-corrected chi connectivity index (χ1v) is 7.67. The lowest BCUT2D eigenvalue weighted by Gasteiger charge is -2.21. The van der Waals surface area contributed by atoms with Gasteiger partial charge >= 0.3 is 0 Å². The van der Waals surface area contributed by atoms with Gasteiger partial charge in [-0.1, -0.05) is 51.0 Å². The summed E-state index contributed by atoms with van der Waals surface area (Å²) in [5.41, 5.74) is 2.64. The molecule has 2 heteroatoms. The molecule has 0 aliphatic heterocycles. The van der Waals surface area contributed by atoms with Crippen LogP contribution in [-0.2, 0) is 4.74 Å². The molecule has 2 nitrogen and oxygen atoms in total. The van der Waals surface area contributed by atoms with E-state index in [4.69, 9.17) is 4.74 Å². The van der Waals surface area contributed by atoms with E-state index >= 15 is 0 Å². The molecule has 0 bridgehead atoms. The fourth-order valence-electron chi connectivity index (χ4n) is 2.19. The largest absolute Gasteiger partial charge is 0.372 e. The summed E-state index contributed by atoms with van der Waals surface area (Å²) in [5.74, 6) is 0. The number of aryl methyl sites for hydroxylation is 1. The van der Waals surface area contributed by atoms with Crippen LogP contribution in [0, 0.1) is 6.92 Å². The van der Waals surface area contributed by atoms with E-state index in [2.05, 4.69) is 50.4 Å². The van der Waals surface area contributed by atoms with Crippen LogP contribution < -0.4 is 5.32 Å². The van der Waals surface area contributed by atoms with Crippen LogP contribution in [0.4, 0.5) is 0 Å². The Morgan fingerprint density at radius 2 is 1.89 bits per heavy atom. The second-order valence-electron chi connectivity index (χ2n) is 5.13. The summed E-state index contributed by atoms with van der Waals surface area (Å²) >= 11 is 0. The number of hydrogen-bond donors (Lipinski definition) is 1. The van der Waals surface area contributed by atoms with E-state index < -0.39 is 0 Å². The molecule has 108 valence electrons. The van der Waals surface area contributed by atoms with Crippen molar-refractivity contribution >= 4 is 0 Å². The molecule has 19 heavy (non-hydrogen) atoms. The normalized spacial score (nSPS) is 12.6. The molecule has 0 aliphatic rings. The highest BCUT2D eigenvalue weighted by Gasteiger charge is 2.13. The van der Waals surface area contributed by atoms with Gasteiger partial charge in [0.05, 0.1) is 6.10 Å². The standard InChI is InChI=1S/C17H29NO/c1-4-6-9-13-19-17(14-18-12-5-2)16-11-8-7-10-15(16)3/h7-8,10-11,17-18H,4-6,9,12-14H2,1-3H3. The van der Waals surface area contributed by atoms with Gasteiger partial charge in [-0.25, -0.2) is 0 Å². The molecule has 1 aromatic carbocycles. The highest BCUT2D eigenvalue weighted by atomic mass is 16.5. The first-order valence-electron chi connectivity index (χ1n) is 7.67. The molecular formula is C17H29NO. The van der Waals surface area contributed by atoms with Crippen LogP contribution in [0.1, 0.15) is 56.8 Å². The number of benzene rings is 1. The number of ether oxygens (including phenoxy) is 1. The monoisotopic (exact) mass is 263 g/mol. The first kappa shape index (κ1) is 16.2. The molecule has 1 aromatic rings. The molecule has 0 saturated carbocycles. The average molecular weight is 263 g/mol. The molecule has 1 unspecified atom stereocenters. The van der Waals surface area contributed by atoms with E-state index in [1.807, 2.05) is 0 Å². The van der Waals surface area contributed by atoms with E-state index in [9.17, 15) is 0 Å². The molecule has 0 aromatic heterocycles. The van der Waals surface area contributed by atoms with Crippen LogP contribution in [-0.4, -0.2) is 19.7 Å². The van der Waals surface area contributed by atoms with Gasteiger partial charge in [-0.15, -0.1) is 0 Å². The Balaban J connectivity index is 2.55. The number of nitrogens with one attached hydrogen (secondary N) is 1. The fraction of sp³-hybridized carbons (Fsp3) is 0.647. The second kappa shape index (κ2) is 9.99. The van der Waals surface area contributed by atoms with Crippen molar-refractivity contribution in [3.8, 4) is 0 Å². The number of unbranched alkanes of at least 4 members (excludes halogenated alkanes) is 2. The minimum absolute atomic E-state index is 0.185. The Kier molecular flexibility index (Phi) is 8.52. The van der Waals surface area contributed by atoms with E-state index in [-0.39, 0.29) is 6.10 Å². The Bertz CT molecular complexity index is 338. The van der Waals surface area contributed by atoms with Crippen molar-refractivity contribution < 1.29 is 4.74 Å². The summed E-state index contributed by atoms with van der Waals surface area (Å²) in [6, 6.07) is 8.54. The maximum absolute atomic E-state index is 6.10. The lowest BCUT2D eigenvalue weighted by molar-refractivity contribution is 0.0497. The lowest BCUT2D eigenvalue weighted by atomic mass is 10.0. The third-order valence-electron chi connectivity index (χ3n) is 3.36. The predicted octanol–water partition coefficient (Wildman–Crippen LogP) is 4.24. The maximum atomic E-state index is 6.10. The molecule has 0 amide bonds. The van der Waals surface area contributed by atoms with E-state index in [0.29, 0.717) is 0 Å². The third kappa shape index (κ3) is 6.22. The van der Waals surface area contributed by atoms with Gasteiger partial charge in [0.1, 0.15) is 0 Å². The SMILES string of the molecule is CCCCCOC(CNCCC)c1ccccc1C.